The molecule has 2 aliphatic heterocycles. The lowest BCUT2D eigenvalue weighted by Crippen LogP contribution is -2.35. The van der Waals surface area contributed by atoms with Gasteiger partial charge in [0, 0.05) is 18.6 Å². The van der Waals surface area contributed by atoms with Gasteiger partial charge in [0.15, 0.2) is 0 Å². The lowest BCUT2D eigenvalue weighted by atomic mass is 9.88. The Morgan fingerprint density at radius 1 is 1.29 bits per heavy atom. The summed E-state index contributed by atoms with van der Waals surface area (Å²) in [4.78, 5) is 0. The molecule has 2 aliphatic rings. The highest BCUT2D eigenvalue weighted by atomic mass is 15.0. The van der Waals surface area contributed by atoms with Gasteiger partial charge >= 0.3 is 0 Å². The first-order valence-corrected chi connectivity index (χ1v) is 6.01. The van der Waals surface area contributed by atoms with E-state index in [2.05, 4.69) is 31.4 Å². The quantitative estimate of drug-likeness (QED) is 0.719. The predicted molar refractivity (Wildman–Crippen MR) is 60.4 cm³/mol. The normalized spacial score (nSPS) is 36.6. The zero-order valence-corrected chi connectivity index (χ0v) is 9.77. The summed E-state index contributed by atoms with van der Waals surface area (Å²) in [5.41, 5.74) is 0.422. The number of hydrogen-bond acceptors (Lipinski definition) is 2. The smallest absolute Gasteiger partial charge is 0.0111 e. The summed E-state index contributed by atoms with van der Waals surface area (Å²) >= 11 is 0. The second-order valence-corrected chi connectivity index (χ2v) is 6.23. The van der Waals surface area contributed by atoms with E-state index < -0.39 is 0 Å². The van der Waals surface area contributed by atoms with Crippen LogP contribution in [0.4, 0.5) is 0 Å². The molecule has 3 unspecified atom stereocenters. The van der Waals surface area contributed by atoms with Crippen LogP contribution in [-0.4, -0.2) is 25.2 Å². The first-order chi connectivity index (χ1) is 6.54. The van der Waals surface area contributed by atoms with E-state index in [1.54, 1.807) is 0 Å². The molecule has 2 bridgehead atoms. The van der Waals surface area contributed by atoms with Crippen LogP contribution in [0.3, 0.4) is 0 Å². The van der Waals surface area contributed by atoms with E-state index in [1.807, 2.05) is 0 Å². The second kappa shape index (κ2) is 3.82. The molecule has 0 amide bonds. The molecule has 2 saturated heterocycles. The third-order valence-corrected chi connectivity index (χ3v) is 3.49. The molecule has 2 heteroatoms. The van der Waals surface area contributed by atoms with Gasteiger partial charge < -0.3 is 10.6 Å². The Balaban J connectivity index is 1.67. The Hall–Kier alpha value is -0.0800. The molecule has 2 fully saturated rings. The van der Waals surface area contributed by atoms with Gasteiger partial charge in [-0.3, -0.25) is 0 Å². The third kappa shape index (κ3) is 2.48. The van der Waals surface area contributed by atoms with Crippen LogP contribution >= 0.6 is 0 Å². The molecular weight excluding hydrogens is 172 g/mol. The lowest BCUT2D eigenvalue weighted by Gasteiger charge is -2.24. The van der Waals surface area contributed by atoms with E-state index in [-0.39, 0.29) is 0 Å². The van der Waals surface area contributed by atoms with Crippen molar-refractivity contribution in [1.29, 1.82) is 0 Å². The summed E-state index contributed by atoms with van der Waals surface area (Å²) in [7, 11) is 0. The Morgan fingerprint density at radius 2 is 2.07 bits per heavy atom. The summed E-state index contributed by atoms with van der Waals surface area (Å²) in [5.74, 6) is 0.899. The Morgan fingerprint density at radius 3 is 2.57 bits per heavy atom. The van der Waals surface area contributed by atoms with Crippen molar-refractivity contribution in [3.05, 3.63) is 0 Å². The van der Waals surface area contributed by atoms with Crippen molar-refractivity contribution in [3.63, 3.8) is 0 Å². The van der Waals surface area contributed by atoms with E-state index in [1.165, 1.54) is 25.8 Å². The zero-order valence-electron chi connectivity index (χ0n) is 9.77. The van der Waals surface area contributed by atoms with Crippen LogP contribution in [0.15, 0.2) is 0 Å². The van der Waals surface area contributed by atoms with Crippen molar-refractivity contribution < 1.29 is 0 Å². The summed E-state index contributed by atoms with van der Waals surface area (Å²) in [6, 6.07) is 1.67. The summed E-state index contributed by atoms with van der Waals surface area (Å²) in [6.07, 6.45) is 4.23. The van der Waals surface area contributed by atoms with Gasteiger partial charge in [0.05, 0.1) is 0 Å². The van der Waals surface area contributed by atoms with E-state index in [0.29, 0.717) is 5.41 Å². The summed E-state index contributed by atoms with van der Waals surface area (Å²) in [5, 5.41) is 7.30. The maximum atomic E-state index is 3.69. The molecule has 82 valence electrons. The maximum Gasteiger partial charge on any atom is 0.0111 e. The average Bonchev–Trinajstić information content (AvgIpc) is 2.62. The van der Waals surface area contributed by atoms with Crippen molar-refractivity contribution in [3.8, 4) is 0 Å². The molecule has 0 saturated carbocycles. The Kier molecular flexibility index (Phi) is 2.85. The van der Waals surface area contributed by atoms with Gasteiger partial charge in [0.2, 0.25) is 0 Å². The minimum absolute atomic E-state index is 0.422. The number of hydrogen-bond donors (Lipinski definition) is 2. The fourth-order valence-electron chi connectivity index (χ4n) is 2.80. The number of rotatable bonds is 3. The third-order valence-electron chi connectivity index (χ3n) is 3.49. The fraction of sp³-hybridized carbons (Fsp3) is 1.00. The van der Waals surface area contributed by atoms with Gasteiger partial charge in [-0.05, 0) is 37.1 Å². The molecular formula is C12H24N2. The molecule has 0 spiro atoms. The van der Waals surface area contributed by atoms with Gasteiger partial charge in [0.25, 0.3) is 0 Å². The van der Waals surface area contributed by atoms with Gasteiger partial charge in [-0.2, -0.15) is 0 Å². The monoisotopic (exact) mass is 196 g/mol. The maximum absolute atomic E-state index is 3.69. The van der Waals surface area contributed by atoms with Crippen LogP contribution in [0.1, 0.15) is 40.0 Å². The molecule has 2 nitrogen and oxygen atoms in total. The zero-order chi connectivity index (χ0) is 10.2. The SMILES string of the molecule is CC(C)(C)CNCC1CC2CCC1N2. The minimum Gasteiger partial charge on any atom is -0.316 e. The molecule has 0 aromatic rings. The van der Waals surface area contributed by atoms with Gasteiger partial charge in [-0.15, -0.1) is 0 Å². The van der Waals surface area contributed by atoms with Gasteiger partial charge in [-0.1, -0.05) is 20.8 Å². The van der Waals surface area contributed by atoms with Gasteiger partial charge in [0.1, 0.15) is 0 Å². The molecule has 2 heterocycles. The Bertz CT molecular complexity index is 195. The van der Waals surface area contributed by atoms with Crippen LogP contribution in [0.25, 0.3) is 0 Å². The average molecular weight is 196 g/mol. The summed E-state index contributed by atoms with van der Waals surface area (Å²) in [6.45, 7) is 9.23. The first kappa shape index (κ1) is 10.4. The van der Waals surface area contributed by atoms with Gasteiger partial charge in [-0.25, -0.2) is 0 Å². The second-order valence-electron chi connectivity index (χ2n) is 6.23. The van der Waals surface area contributed by atoms with Crippen molar-refractivity contribution in [1.82, 2.24) is 10.6 Å². The molecule has 0 aromatic carbocycles. The molecule has 14 heavy (non-hydrogen) atoms. The minimum atomic E-state index is 0.422. The Labute approximate surface area is 87.8 Å². The van der Waals surface area contributed by atoms with Crippen molar-refractivity contribution in [2.75, 3.05) is 13.1 Å². The highest BCUT2D eigenvalue weighted by Gasteiger charge is 2.38. The molecule has 0 aliphatic carbocycles. The van der Waals surface area contributed by atoms with Crippen molar-refractivity contribution in [2.24, 2.45) is 11.3 Å². The van der Waals surface area contributed by atoms with E-state index in [0.717, 1.165) is 24.5 Å². The van der Waals surface area contributed by atoms with Crippen LogP contribution < -0.4 is 10.6 Å². The predicted octanol–water partition coefficient (Wildman–Crippen LogP) is 1.76. The molecule has 0 radical (unpaired) electrons. The van der Waals surface area contributed by atoms with E-state index in [4.69, 9.17) is 0 Å². The standard InChI is InChI=1S/C12H24N2/c1-12(2,3)8-13-7-9-6-10-4-5-11(9)14-10/h9-11,13-14H,4-8H2,1-3H3. The van der Waals surface area contributed by atoms with E-state index in [9.17, 15) is 0 Å². The van der Waals surface area contributed by atoms with Crippen LogP contribution in [-0.2, 0) is 0 Å². The molecule has 2 N–H and O–H groups in total. The molecule has 3 atom stereocenters. The largest absolute Gasteiger partial charge is 0.316 e. The first-order valence-electron chi connectivity index (χ1n) is 6.01. The van der Waals surface area contributed by atoms with Crippen LogP contribution in [0.5, 0.6) is 0 Å². The van der Waals surface area contributed by atoms with Crippen LogP contribution in [0.2, 0.25) is 0 Å². The van der Waals surface area contributed by atoms with E-state index >= 15 is 0 Å². The topological polar surface area (TPSA) is 24.1 Å². The fourth-order valence-corrected chi connectivity index (χ4v) is 2.80. The number of fused-ring (bicyclic) bond motifs is 2. The number of nitrogens with one attached hydrogen (secondary N) is 2. The van der Waals surface area contributed by atoms with Crippen molar-refractivity contribution in [2.45, 2.75) is 52.1 Å². The summed E-state index contributed by atoms with van der Waals surface area (Å²) < 4.78 is 0. The van der Waals surface area contributed by atoms with Crippen molar-refractivity contribution >= 4 is 0 Å². The molecule has 2 rings (SSSR count). The highest BCUT2D eigenvalue weighted by Crippen LogP contribution is 2.32. The molecule has 0 aromatic heterocycles. The van der Waals surface area contributed by atoms with Crippen LogP contribution in [0, 0.1) is 11.3 Å². The highest BCUT2D eigenvalue weighted by molar-refractivity contribution is 4.97. The lowest BCUT2D eigenvalue weighted by molar-refractivity contribution is 0.332.